The van der Waals surface area contributed by atoms with Crippen molar-refractivity contribution in [3.8, 4) is 0 Å². The van der Waals surface area contributed by atoms with Gasteiger partial charge in [-0.25, -0.2) is 4.52 Å². The lowest BCUT2D eigenvalue weighted by Gasteiger charge is -2.03. The number of pyridine rings is 1. The van der Waals surface area contributed by atoms with Gasteiger partial charge >= 0.3 is 0 Å². The summed E-state index contributed by atoms with van der Waals surface area (Å²) >= 11 is 0. The van der Waals surface area contributed by atoms with Crippen molar-refractivity contribution < 1.29 is 0 Å². The molecule has 3 aromatic rings. The number of hydrogen-bond acceptors (Lipinski definition) is 4. The monoisotopic (exact) mass is 267 g/mol. The summed E-state index contributed by atoms with van der Waals surface area (Å²) in [5, 5.41) is 7.61. The van der Waals surface area contributed by atoms with Crippen molar-refractivity contribution in [3.05, 3.63) is 59.3 Å². The van der Waals surface area contributed by atoms with Crippen LogP contribution in [0.1, 0.15) is 16.7 Å². The molecule has 2 aromatic heterocycles. The summed E-state index contributed by atoms with van der Waals surface area (Å²) < 4.78 is 1.77. The topological polar surface area (TPSA) is 68.2 Å². The molecule has 1 aromatic carbocycles. The molecule has 20 heavy (non-hydrogen) atoms. The number of nitrogens with one attached hydrogen (secondary N) is 1. The molecule has 3 N–H and O–H groups in total. The van der Waals surface area contributed by atoms with Gasteiger partial charge < -0.3 is 11.1 Å². The first-order valence-corrected chi connectivity index (χ1v) is 6.59. The quantitative estimate of drug-likeness (QED) is 0.759. The SMILES string of the molecule is Cc1ccn2nc(NCc3ccc(CN)cc3)nc2c1. The predicted octanol–water partition coefficient (Wildman–Crippen LogP) is 2.11. The van der Waals surface area contributed by atoms with Crippen LogP contribution in [-0.2, 0) is 13.1 Å². The Bertz CT molecular complexity index is 715. The molecule has 0 atom stereocenters. The van der Waals surface area contributed by atoms with Crippen molar-refractivity contribution in [2.75, 3.05) is 5.32 Å². The van der Waals surface area contributed by atoms with Crippen molar-refractivity contribution in [1.29, 1.82) is 0 Å². The molecular formula is C15H17N5. The standard InChI is InChI=1S/C15H17N5/c1-11-6-7-20-14(8-11)18-15(19-20)17-10-13-4-2-12(9-16)3-5-13/h2-8H,9-10,16H2,1H3,(H,17,19). The summed E-state index contributed by atoms with van der Waals surface area (Å²) in [6.45, 7) is 3.31. The van der Waals surface area contributed by atoms with Gasteiger partial charge in [0.25, 0.3) is 0 Å². The molecule has 0 amide bonds. The lowest BCUT2D eigenvalue weighted by molar-refractivity contribution is 0.947. The minimum atomic E-state index is 0.570. The normalized spacial score (nSPS) is 10.9. The summed E-state index contributed by atoms with van der Waals surface area (Å²) in [4.78, 5) is 4.44. The third kappa shape index (κ3) is 2.62. The second-order valence-electron chi connectivity index (χ2n) is 4.82. The van der Waals surface area contributed by atoms with Crippen molar-refractivity contribution in [2.24, 2.45) is 5.73 Å². The van der Waals surface area contributed by atoms with Crippen molar-refractivity contribution in [2.45, 2.75) is 20.0 Å². The smallest absolute Gasteiger partial charge is 0.243 e. The molecule has 3 rings (SSSR count). The number of rotatable bonds is 4. The van der Waals surface area contributed by atoms with E-state index in [-0.39, 0.29) is 0 Å². The summed E-state index contributed by atoms with van der Waals surface area (Å²) in [6.07, 6.45) is 1.92. The van der Waals surface area contributed by atoms with Gasteiger partial charge in [-0.15, -0.1) is 5.10 Å². The number of nitrogens with zero attached hydrogens (tertiary/aromatic N) is 3. The van der Waals surface area contributed by atoms with Crippen LogP contribution in [-0.4, -0.2) is 14.6 Å². The molecule has 0 saturated carbocycles. The highest BCUT2D eigenvalue weighted by atomic mass is 15.3. The van der Waals surface area contributed by atoms with Gasteiger partial charge in [0.05, 0.1) is 0 Å². The summed E-state index contributed by atoms with van der Waals surface area (Å²) in [5.74, 6) is 0.638. The van der Waals surface area contributed by atoms with Crippen molar-refractivity contribution in [3.63, 3.8) is 0 Å². The molecule has 102 valence electrons. The average molecular weight is 267 g/mol. The number of aryl methyl sites for hydroxylation is 1. The highest BCUT2D eigenvalue weighted by Crippen LogP contribution is 2.10. The molecule has 0 spiro atoms. The fourth-order valence-corrected chi connectivity index (χ4v) is 2.03. The molecule has 0 aliphatic heterocycles. The maximum absolute atomic E-state index is 5.58. The van der Waals surface area contributed by atoms with Crippen molar-refractivity contribution >= 4 is 11.6 Å². The van der Waals surface area contributed by atoms with E-state index in [0.717, 1.165) is 11.2 Å². The van der Waals surface area contributed by atoms with E-state index < -0.39 is 0 Å². The molecule has 0 aliphatic rings. The number of aromatic nitrogens is 3. The van der Waals surface area contributed by atoms with Crippen LogP contribution in [0.4, 0.5) is 5.95 Å². The first-order valence-electron chi connectivity index (χ1n) is 6.59. The van der Waals surface area contributed by atoms with Crippen LogP contribution in [0.3, 0.4) is 0 Å². The largest absolute Gasteiger partial charge is 0.349 e. The summed E-state index contributed by atoms with van der Waals surface area (Å²) in [7, 11) is 0. The molecule has 0 unspecified atom stereocenters. The van der Waals surface area contributed by atoms with Crippen LogP contribution < -0.4 is 11.1 Å². The van der Waals surface area contributed by atoms with Crippen LogP contribution in [0.15, 0.2) is 42.6 Å². The zero-order valence-electron chi connectivity index (χ0n) is 11.4. The fraction of sp³-hybridized carbons (Fsp3) is 0.200. The van der Waals surface area contributed by atoms with E-state index in [1.54, 1.807) is 4.52 Å². The molecule has 5 nitrogen and oxygen atoms in total. The van der Waals surface area contributed by atoms with Gasteiger partial charge in [0.15, 0.2) is 5.65 Å². The second-order valence-corrected chi connectivity index (χ2v) is 4.82. The Labute approximate surface area is 117 Å². The number of fused-ring (bicyclic) bond motifs is 1. The zero-order chi connectivity index (χ0) is 13.9. The molecule has 0 aliphatic carbocycles. The summed E-state index contributed by atoms with van der Waals surface area (Å²) in [5.41, 5.74) is 9.92. The highest BCUT2D eigenvalue weighted by molar-refractivity contribution is 5.45. The van der Waals surface area contributed by atoms with Gasteiger partial charge in [-0.1, -0.05) is 24.3 Å². The molecule has 0 radical (unpaired) electrons. The van der Waals surface area contributed by atoms with Gasteiger partial charge in [0, 0.05) is 19.3 Å². The minimum absolute atomic E-state index is 0.570. The Morgan fingerprint density at radius 3 is 2.65 bits per heavy atom. The Balaban J connectivity index is 1.72. The minimum Gasteiger partial charge on any atom is -0.349 e. The van der Waals surface area contributed by atoms with E-state index in [1.165, 1.54) is 11.1 Å². The van der Waals surface area contributed by atoms with E-state index in [9.17, 15) is 0 Å². The molecule has 0 bridgehead atoms. The number of nitrogens with two attached hydrogens (primary N) is 1. The van der Waals surface area contributed by atoms with Gasteiger partial charge in [0.2, 0.25) is 5.95 Å². The fourth-order valence-electron chi connectivity index (χ4n) is 2.03. The highest BCUT2D eigenvalue weighted by Gasteiger charge is 2.03. The van der Waals surface area contributed by atoms with E-state index >= 15 is 0 Å². The first-order chi connectivity index (χ1) is 9.74. The second kappa shape index (κ2) is 5.30. The molecular weight excluding hydrogens is 250 g/mol. The Kier molecular flexibility index (Phi) is 3.35. The molecule has 0 saturated heterocycles. The van der Waals surface area contributed by atoms with E-state index in [4.69, 9.17) is 5.73 Å². The first kappa shape index (κ1) is 12.6. The number of benzene rings is 1. The van der Waals surface area contributed by atoms with Crippen LogP contribution in [0.2, 0.25) is 0 Å². The number of hydrogen-bond donors (Lipinski definition) is 2. The average Bonchev–Trinajstić information content (AvgIpc) is 2.87. The van der Waals surface area contributed by atoms with E-state index in [1.807, 2.05) is 37.4 Å². The van der Waals surface area contributed by atoms with Crippen molar-refractivity contribution in [1.82, 2.24) is 14.6 Å². The van der Waals surface area contributed by atoms with E-state index in [2.05, 4.69) is 27.5 Å². The molecule has 2 heterocycles. The zero-order valence-corrected chi connectivity index (χ0v) is 11.4. The Morgan fingerprint density at radius 1 is 1.15 bits per heavy atom. The van der Waals surface area contributed by atoms with Crippen LogP contribution in [0.5, 0.6) is 0 Å². The van der Waals surface area contributed by atoms with Crippen LogP contribution in [0, 0.1) is 6.92 Å². The Hall–Kier alpha value is -2.40. The lowest BCUT2D eigenvalue weighted by Crippen LogP contribution is -2.02. The maximum atomic E-state index is 5.58. The van der Waals surface area contributed by atoms with Crippen LogP contribution >= 0.6 is 0 Å². The van der Waals surface area contributed by atoms with Gasteiger partial charge in [-0.3, -0.25) is 0 Å². The predicted molar refractivity (Wildman–Crippen MR) is 79.4 cm³/mol. The Morgan fingerprint density at radius 2 is 1.90 bits per heavy atom. The maximum Gasteiger partial charge on any atom is 0.243 e. The van der Waals surface area contributed by atoms with Gasteiger partial charge in [-0.05, 0) is 35.7 Å². The third-order valence-electron chi connectivity index (χ3n) is 3.20. The van der Waals surface area contributed by atoms with Crippen LogP contribution in [0.25, 0.3) is 5.65 Å². The third-order valence-corrected chi connectivity index (χ3v) is 3.20. The molecule has 5 heteroatoms. The molecule has 0 fully saturated rings. The lowest BCUT2D eigenvalue weighted by atomic mass is 10.1. The van der Waals surface area contributed by atoms with Gasteiger partial charge in [-0.2, -0.15) is 4.98 Å². The van der Waals surface area contributed by atoms with E-state index in [0.29, 0.717) is 19.0 Å². The van der Waals surface area contributed by atoms with Gasteiger partial charge in [0.1, 0.15) is 0 Å². The summed E-state index contributed by atoms with van der Waals surface area (Å²) in [6, 6.07) is 12.2. The number of anilines is 1.